The van der Waals surface area contributed by atoms with Gasteiger partial charge in [-0.1, -0.05) is 18.2 Å². The number of pyridine rings is 1. The van der Waals surface area contributed by atoms with Crippen LogP contribution >= 0.6 is 0 Å². The Labute approximate surface area is 149 Å². The molecule has 0 saturated heterocycles. The van der Waals surface area contributed by atoms with Crippen molar-refractivity contribution in [3.63, 3.8) is 0 Å². The minimum atomic E-state index is -0.358. The molecule has 0 radical (unpaired) electrons. The summed E-state index contributed by atoms with van der Waals surface area (Å²) in [5.41, 5.74) is 2.23. The van der Waals surface area contributed by atoms with Gasteiger partial charge in [-0.15, -0.1) is 0 Å². The smallest absolute Gasteiger partial charge is 0.323 e. The third-order valence-electron chi connectivity index (χ3n) is 3.50. The summed E-state index contributed by atoms with van der Waals surface area (Å²) in [5.74, 6) is -0.326. The van der Waals surface area contributed by atoms with Gasteiger partial charge in [0.25, 0.3) is 5.91 Å². The number of nitrogens with one attached hydrogen (secondary N) is 3. The van der Waals surface area contributed by atoms with E-state index in [1.165, 1.54) is 24.5 Å². The molecule has 3 amide bonds. The van der Waals surface area contributed by atoms with Gasteiger partial charge >= 0.3 is 6.03 Å². The minimum absolute atomic E-state index is 0.326. The maximum Gasteiger partial charge on any atom is 0.323 e. The third-order valence-corrected chi connectivity index (χ3v) is 3.50. The van der Waals surface area contributed by atoms with Gasteiger partial charge in [0.2, 0.25) is 0 Å². The predicted molar refractivity (Wildman–Crippen MR) is 98.9 cm³/mol. The summed E-state index contributed by atoms with van der Waals surface area (Å²) in [6.07, 6.45) is 2.51. The molecule has 7 nitrogen and oxygen atoms in total. The van der Waals surface area contributed by atoms with Gasteiger partial charge in [0.05, 0.1) is 5.56 Å². The minimum Gasteiger partial charge on any atom is -0.619 e. The first-order valence-corrected chi connectivity index (χ1v) is 7.83. The molecule has 0 saturated carbocycles. The summed E-state index contributed by atoms with van der Waals surface area (Å²) in [6, 6.07) is 18.3. The lowest BCUT2D eigenvalue weighted by Gasteiger charge is -2.09. The van der Waals surface area contributed by atoms with Crippen molar-refractivity contribution in [1.82, 2.24) is 0 Å². The average molecular weight is 348 g/mol. The summed E-state index contributed by atoms with van der Waals surface area (Å²) in [4.78, 5) is 24.0. The fourth-order valence-corrected chi connectivity index (χ4v) is 2.22. The molecule has 0 aliphatic carbocycles. The molecule has 0 fully saturated rings. The van der Waals surface area contributed by atoms with E-state index in [2.05, 4.69) is 16.0 Å². The van der Waals surface area contributed by atoms with Gasteiger partial charge in [0, 0.05) is 29.2 Å². The summed E-state index contributed by atoms with van der Waals surface area (Å²) in [5, 5.41) is 19.1. The second-order valence-electron chi connectivity index (χ2n) is 5.42. The van der Waals surface area contributed by atoms with E-state index >= 15 is 0 Å². The highest BCUT2D eigenvalue weighted by Gasteiger charge is 2.08. The van der Waals surface area contributed by atoms with Crippen LogP contribution in [0.4, 0.5) is 21.9 Å². The molecule has 1 aromatic heterocycles. The van der Waals surface area contributed by atoms with E-state index in [0.717, 1.165) is 0 Å². The van der Waals surface area contributed by atoms with Crippen LogP contribution < -0.4 is 20.7 Å². The van der Waals surface area contributed by atoms with Crippen LogP contribution in [0.3, 0.4) is 0 Å². The number of hydrogen-bond acceptors (Lipinski definition) is 3. The van der Waals surface area contributed by atoms with E-state index in [4.69, 9.17) is 0 Å². The molecule has 0 spiro atoms. The summed E-state index contributed by atoms with van der Waals surface area (Å²) in [6.45, 7) is 0. The van der Waals surface area contributed by atoms with Crippen molar-refractivity contribution in [2.24, 2.45) is 0 Å². The van der Waals surface area contributed by atoms with E-state index in [0.29, 0.717) is 27.4 Å². The van der Waals surface area contributed by atoms with Crippen molar-refractivity contribution in [1.29, 1.82) is 0 Å². The number of nitrogens with zero attached hydrogens (tertiary/aromatic N) is 1. The Morgan fingerprint density at radius 2 is 1.19 bits per heavy atom. The number of para-hydroxylation sites is 1. The molecule has 26 heavy (non-hydrogen) atoms. The second-order valence-corrected chi connectivity index (χ2v) is 5.42. The molecule has 0 aliphatic rings. The quantitative estimate of drug-likeness (QED) is 0.499. The van der Waals surface area contributed by atoms with Crippen LogP contribution in [0.1, 0.15) is 10.4 Å². The lowest BCUT2D eigenvalue weighted by atomic mass is 10.2. The number of carbonyl (C=O) groups excluding carboxylic acids is 2. The number of urea groups is 1. The molecule has 3 N–H and O–H groups in total. The number of carbonyl (C=O) groups is 2. The molecule has 0 aliphatic heterocycles. The number of amides is 3. The topological polar surface area (TPSA) is 97.2 Å². The molecule has 3 rings (SSSR count). The number of benzene rings is 2. The number of rotatable bonds is 4. The van der Waals surface area contributed by atoms with Crippen LogP contribution in [0.25, 0.3) is 0 Å². The first kappa shape index (κ1) is 17.0. The molecule has 3 aromatic rings. The van der Waals surface area contributed by atoms with Crippen LogP contribution in [0.5, 0.6) is 0 Å². The van der Waals surface area contributed by atoms with Gasteiger partial charge in [0.15, 0.2) is 12.4 Å². The zero-order valence-electron chi connectivity index (χ0n) is 13.7. The lowest BCUT2D eigenvalue weighted by Crippen LogP contribution is -2.25. The zero-order valence-corrected chi connectivity index (χ0v) is 13.7. The van der Waals surface area contributed by atoms with E-state index in [1.54, 1.807) is 36.4 Å². The molecule has 0 unspecified atom stereocenters. The van der Waals surface area contributed by atoms with Crippen LogP contribution in [-0.4, -0.2) is 11.9 Å². The highest BCUT2D eigenvalue weighted by atomic mass is 16.5. The van der Waals surface area contributed by atoms with Gasteiger partial charge in [-0.2, -0.15) is 4.73 Å². The van der Waals surface area contributed by atoms with Crippen LogP contribution in [0.15, 0.2) is 79.1 Å². The standard InChI is InChI=1S/C19H16N4O3/c24-18(14-10-12-23(26)13-11-14)20-16-6-8-17(9-7-16)22-19(25)21-15-4-2-1-3-5-15/h1-13H,(H,20,24)(H2,21,22,25). The van der Waals surface area contributed by atoms with Gasteiger partial charge < -0.3 is 21.2 Å². The predicted octanol–water partition coefficient (Wildman–Crippen LogP) is 3.22. The Balaban J connectivity index is 1.57. The fourth-order valence-electron chi connectivity index (χ4n) is 2.22. The molecule has 2 aromatic carbocycles. The van der Waals surface area contributed by atoms with Crippen molar-refractivity contribution < 1.29 is 14.3 Å². The Hall–Kier alpha value is -3.87. The van der Waals surface area contributed by atoms with Crippen molar-refractivity contribution >= 4 is 29.0 Å². The Kier molecular flexibility index (Phi) is 5.09. The first-order chi connectivity index (χ1) is 12.6. The molecule has 0 bridgehead atoms. The van der Waals surface area contributed by atoms with Crippen molar-refractivity contribution in [2.45, 2.75) is 0 Å². The Morgan fingerprint density at radius 3 is 1.77 bits per heavy atom. The third kappa shape index (κ3) is 4.57. The highest BCUT2D eigenvalue weighted by Crippen LogP contribution is 2.15. The molecule has 0 atom stereocenters. The monoisotopic (exact) mass is 348 g/mol. The number of hydrogen-bond donors (Lipinski definition) is 3. The maximum atomic E-state index is 12.1. The fraction of sp³-hybridized carbons (Fsp3) is 0. The largest absolute Gasteiger partial charge is 0.619 e. The average Bonchev–Trinajstić information content (AvgIpc) is 2.64. The number of aromatic nitrogens is 1. The maximum absolute atomic E-state index is 12.1. The van der Waals surface area contributed by atoms with Crippen molar-refractivity contribution in [3.05, 3.63) is 89.9 Å². The van der Waals surface area contributed by atoms with Crippen LogP contribution in [0.2, 0.25) is 0 Å². The SMILES string of the molecule is O=C(Nc1ccccc1)Nc1ccc(NC(=O)c2cc[n+]([O-])cc2)cc1. The molecule has 130 valence electrons. The summed E-state index contributed by atoms with van der Waals surface area (Å²) >= 11 is 0. The van der Waals surface area contributed by atoms with Gasteiger partial charge in [-0.05, 0) is 36.4 Å². The number of anilines is 3. The summed E-state index contributed by atoms with van der Waals surface area (Å²) < 4.78 is 0.609. The molecule has 1 heterocycles. The lowest BCUT2D eigenvalue weighted by molar-refractivity contribution is -0.605. The van der Waals surface area contributed by atoms with E-state index in [-0.39, 0.29) is 11.9 Å². The normalized spacial score (nSPS) is 10.0. The summed E-state index contributed by atoms with van der Waals surface area (Å²) in [7, 11) is 0. The van der Waals surface area contributed by atoms with Crippen LogP contribution in [-0.2, 0) is 0 Å². The van der Waals surface area contributed by atoms with Gasteiger partial charge in [-0.3, -0.25) is 4.79 Å². The molecular formula is C19H16N4O3. The van der Waals surface area contributed by atoms with E-state index in [1.807, 2.05) is 18.2 Å². The van der Waals surface area contributed by atoms with Crippen LogP contribution in [0, 0.1) is 5.21 Å². The highest BCUT2D eigenvalue weighted by molar-refractivity contribution is 6.04. The van der Waals surface area contributed by atoms with Crippen molar-refractivity contribution in [3.8, 4) is 0 Å². The molecule has 7 heteroatoms. The first-order valence-electron chi connectivity index (χ1n) is 7.83. The van der Waals surface area contributed by atoms with Gasteiger partial charge in [-0.25, -0.2) is 4.79 Å². The second kappa shape index (κ2) is 7.80. The molecular weight excluding hydrogens is 332 g/mol. The Morgan fingerprint density at radius 1 is 0.692 bits per heavy atom. The van der Waals surface area contributed by atoms with E-state index < -0.39 is 0 Å². The van der Waals surface area contributed by atoms with Crippen molar-refractivity contribution in [2.75, 3.05) is 16.0 Å². The van der Waals surface area contributed by atoms with E-state index in [9.17, 15) is 14.8 Å². The van der Waals surface area contributed by atoms with Gasteiger partial charge in [0.1, 0.15) is 0 Å². The zero-order chi connectivity index (χ0) is 18.4. The Bertz CT molecular complexity index is 894.